The Labute approximate surface area is 104 Å². The van der Waals surface area contributed by atoms with Crippen molar-refractivity contribution in [3.8, 4) is 0 Å². The van der Waals surface area contributed by atoms with Gasteiger partial charge in [0.25, 0.3) is 0 Å². The molecule has 0 aromatic carbocycles. The van der Waals surface area contributed by atoms with Crippen LogP contribution in [0.2, 0.25) is 0 Å². The van der Waals surface area contributed by atoms with E-state index in [4.69, 9.17) is 0 Å². The van der Waals surface area contributed by atoms with Crippen LogP contribution in [-0.2, 0) is 5.41 Å². The van der Waals surface area contributed by atoms with E-state index in [1.165, 1.54) is 28.2 Å². The van der Waals surface area contributed by atoms with Crippen molar-refractivity contribution in [2.75, 3.05) is 13.1 Å². The molecule has 0 aliphatic rings. The molecule has 0 spiro atoms. The minimum absolute atomic E-state index is 0.301. The van der Waals surface area contributed by atoms with Crippen molar-refractivity contribution < 1.29 is 0 Å². The van der Waals surface area contributed by atoms with Gasteiger partial charge in [0.1, 0.15) is 0 Å². The molecule has 92 valence electrons. The van der Waals surface area contributed by atoms with Crippen LogP contribution in [0.25, 0.3) is 0 Å². The Hall–Kier alpha value is -0.340. The molecule has 1 heterocycles. The van der Waals surface area contributed by atoms with Crippen LogP contribution >= 0.6 is 11.3 Å². The molecule has 0 amide bonds. The maximum absolute atomic E-state index is 3.49. The lowest BCUT2D eigenvalue weighted by Gasteiger charge is -2.25. The Morgan fingerprint density at radius 2 is 1.94 bits per heavy atom. The summed E-state index contributed by atoms with van der Waals surface area (Å²) in [6.07, 6.45) is 2.43. The molecule has 0 bridgehead atoms. The second-order valence-corrected chi connectivity index (χ2v) is 6.67. The van der Waals surface area contributed by atoms with E-state index >= 15 is 0 Å². The molecule has 1 aromatic rings. The lowest BCUT2D eigenvalue weighted by Crippen LogP contribution is -2.26. The molecular formula is C14H25NS. The zero-order valence-electron chi connectivity index (χ0n) is 11.3. The van der Waals surface area contributed by atoms with Crippen LogP contribution in [-0.4, -0.2) is 13.1 Å². The number of hydrogen-bond donors (Lipinski definition) is 1. The van der Waals surface area contributed by atoms with E-state index in [1.54, 1.807) is 0 Å². The molecule has 1 nitrogen and oxygen atoms in total. The number of rotatable bonds is 6. The van der Waals surface area contributed by atoms with E-state index in [0.29, 0.717) is 5.41 Å². The molecule has 2 heteroatoms. The molecule has 0 saturated carbocycles. The Kier molecular flexibility index (Phi) is 5.00. The van der Waals surface area contributed by atoms with Gasteiger partial charge in [-0.25, -0.2) is 0 Å². The third kappa shape index (κ3) is 3.60. The summed E-state index contributed by atoms with van der Waals surface area (Å²) in [5, 5.41) is 3.49. The summed E-state index contributed by atoms with van der Waals surface area (Å²) in [6.45, 7) is 13.6. The predicted molar refractivity (Wildman–Crippen MR) is 74.6 cm³/mol. The highest BCUT2D eigenvalue weighted by Crippen LogP contribution is 2.34. The lowest BCUT2D eigenvalue weighted by molar-refractivity contribution is 0.456. The Balaban J connectivity index is 2.59. The van der Waals surface area contributed by atoms with Crippen LogP contribution in [0.3, 0.4) is 0 Å². The fraction of sp³-hybridized carbons (Fsp3) is 0.714. The molecule has 0 aliphatic carbocycles. The molecule has 0 unspecified atom stereocenters. The zero-order valence-corrected chi connectivity index (χ0v) is 12.1. The van der Waals surface area contributed by atoms with Crippen LogP contribution in [0, 0.1) is 13.8 Å². The minimum Gasteiger partial charge on any atom is -0.317 e. The molecule has 1 N–H and O–H groups in total. The van der Waals surface area contributed by atoms with Crippen molar-refractivity contribution in [3.05, 3.63) is 21.4 Å². The first-order valence-corrected chi connectivity index (χ1v) is 7.07. The van der Waals surface area contributed by atoms with Crippen LogP contribution in [0.1, 0.15) is 48.9 Å². The first-order valence-electron chi connectivity index (χ1n) is 6.25. The maximum atomic E-state index is 3.49. The Morgan fingerprint density at radius 3 is 2.44 bits per heavy atom. The van der Waals surface area contributed by atoms with Gasteiger partial charge in [-0.15, -0.1) is 11.3 Å². The normalized spacial score (nSPS) is 12.1. The molecule has 16 heavy (non-hydrogen) atoms. The molecule has 0 atom stereocenters. The number of thiophene rings is 1. The maximum Gasteiger partial charge on any atom is 0.00544 e. The molecule has 0 saturated heterocycles. The summed E-state index contributed by atoms with van der Waals surface area (Å²) in [7, 11) is 0. The first kappa shape index (κ1) is 13.7. The van der Waals surface area contributed by atoms with E-state index in [-0.39, 0.29) is 0 Å². The van der Waals surface area contributed by atoms with Gasteiger partial charge in [-0.05, 0) is 56.8 Å². The summed E-state index contributed by atoms with van der Waals surface area (Å²) in [4.78, 5) is 2.92. The van der Waals surface area contributed by atoms with Gasteiger partial charge in [-0.2, -0.15) is 0 Å². The van der Waals surface area contributed by atoms with Crippen molar-refractivity contribution in [2.24, 2.45) is 0 Å². The van der Waals surface area contributed by atoms with Gasteiger partial charge in [0.15, 0.2) is 0 Å². The van der Waals surface area contributed by atoms with Crippen LogP contribution in [0.4, 0.5) is 0 Å². The van der Waals surface area contributed by atoms with Gasteiger partial charge in [-0.3, -0.25) is 0 Å². The molecule has 1 rings (SSSR count). The third-order valence-corrected chi connectivity index (χ3v) is 4.09. The Morgan fingerprint density at radius 1 is 1.25 bits per heavy atom. The largest absolute Gasteiger partial charge is 0.317 e. The second-order valence-electron chi connectivity index (χ2n) is 5.21. The number of nitrogens with one attached hydrogen (secondary N) is 1. The molecule has 0 fully saturated rings. The average Bonchev–Trinajstić information content (AvgIpc) is 2.53. The van der Waals surface area contributed by atoms with Gasteiger partial charge < -0.3 is 5.32 Å². The van der Waals surface area contributed by atoms with Gasteiger partial charge in [-0.1, -0.05) is 20.8 Å². The van der Waals surface area contributed by atoms with E-state index in [2.05, 4.69) is 46.0 Å². The van der Waals surface area contributed by atoms with Crippen molar-refractivity contribution in [3.63, 3.8) is 0 Å². The summed E-state index contributed by atoms with van der Waals surface area (Å²) >= 11 is 1.92. The van der Waals surface area contributed by atoms with Crippen molar-refractivity contribution >= 4 is 11.3 Å². The van der Waals surface area contributed by atoms with Gasteiger partial charge in [0.2, 0.25) is 0 Å². The van der Waals surface area contributed by atoms with Gasteiger partial charge >= 0.3 is 0 Å². The summed E-state index contributed by atoms with van der Waals surface area (Å²) in [5.41, 5.74) is 1.84. The SMILES string of the molecule is CCCNCCC(C)(C)c1cc(C)sc1C. The summed E-state index contributed by atoms with van der Waals surface area (Å²) < 4.78 is 0. The van der Waals surface area contributed by atoms with Gasteiger partial charge in [0, 0.05) is 9.75 Å². The average molecular weight is 239 g/mol. The van der Waals surface area contributed by atoms with Gasteiger partial charge in [0.05, 0.1) is 0 Å². The number of aryl methyl sites for hydroxylation is 2. The highest BCUT2D eigenvalue weighted by molar-refractivity contribution is 7.12. The Bertz CT molecular complexity index is 325. The zero-order chi connectivity index (χ0) is 12.2. The predicted octanol–water partition coefficient (Wildman–Crippen LogP) is 4.03. The number of hydrogen-bond acceptors (Lipinski definition) is 2. The molecule has 1 aromatic heterocycles. The summed E-state index contributed by atoms with van der Waals surface area (Å²) in [6, 6.07) is 2.36. The monoisotopic (exact) mass is 239 g/mol. The van der Waals surface area contributed by atoms with E-state index < -0.39 is 0 Å². The first-order chi connectivity index (χ1) is 7.47. The molecule has 0 aliphatic heterocycles. The second kappa shape index (κ2) is 5.83. The summed E-state index contributed by atoms with van der Waals surface area (Å²) in [5.74, 6) is 0. The van der Waals surface area contributed by atoms with Crippen LogP contribution < -0.4 is 5.32 Å². The molecular weight excluding hydrogens is 214 g/mol. The van der Waals surface area contributed by atoms with Crippen LogP contribution in [0.15, 0.2) is 6.07 Å². The molecule has 0 radical (unpaired) electrons. The van der Waals surface area contributed by atoms with Crippen molar-refractivity contribution in [1.29, 1.82) is 0 Å². The fourth-order valence-corrected chi connectivity index (χ4v) is 3.24. The smallest absolute Gasteiger partial charge is 0.00544 e. The lowest BCUT2D eigenvalue weighted by atomic mass is 9.81. The van der Waals surface area contributed by atoms with E-state index in [0.717, 1.165) is 13.1 Å². The highest BCUT2D eigenvalue weighted by Gasteiger charge is 2.23. The topological polar surface area (TPSA) is 12.0 Å². The quantitative estimate of drug-likeness (QED) is 0.739. The highest BCUT2D eigenvalue weighted by atomic mass is 32.1. The third-order valence-electron chi connectivity index (χ3n) is 3.12. The van der Waals surface area contributed by atoms with Crippen LogP contribution in [0.5, 0.6) is 0 Å². The standard InChI is InChI=1S/C14H25NS/c1-6-8-15-9-7-14(4,5)13-10-11(2)16-12(13)3/h10,15H,6-9H2,1-5H3. The van der Waals surface area contributed by atoms with Crippen molar-refractivity contribution in [1.82, 2.24) is 5.32 Å². The fourth-order valence-electron chi connectivity index (χ4n) is 2.14. The van der Waals surface area contributed by atoms with E-state index in [9.17, 15) is 0 Å². The minimum atomic E-state index is 0.301. The van der Waals surface area contributed by atoms with Crippen molar-refractivity contribution in [2.45, 2.75) is 52.9 Å². The van der Waals surface area contributed by atoms with E-state index in [1.807, 2.05) is 11.3 Å².